The van der Waals surface area contributed by atoms with E-state index in [0.29, 0.717) is 18.4 Å². The summed E-state index contributed by atoms with van der Waals surface area (Å²) in [4.78, 5) is 0. The minimum Gasteiger partial charge on any atom is -0.508 e. The molecule has 0 aliphatic carbocycles. The van der Waals surface area contributed by atoms with Gasteiger partial charge in [0.05, 0.1) is 0 Å². The van der Waals surface area contributed by atoms with Gasteiger partial charge in [-0.25, -0.2) is 0 Å². The van der Waals surface area contributed by atoms with Crippen LogP contribution in [0.15, 0.2) is 18.2 Å². The molecule has 3 nitrogen and oxygen atoms in total. The third-order valence-corrected chi connectivity index (χ3v) is 1.67. The van der Waals surface area contributed by atoms with Crippen LogP contribution in [-0.2, 0) is 6.42 Å². The van der Waals surface area contributed by atoms with E-state index in [0.717, 1.165) is 0 Å². The molecule has 0 atom stereocenters. The number of benzene rings is 1. The number of rotatable bonds is 3. The number of phenols is 2. The smallest absolute Gasteiger partial charge is 0.119 e. The molecule has 12 heavy (non-hydrogen) atoms. The zero-order chi connectivity index (χ0) is 8.97. The molecule has 0 aliphatic heterocycles. The summed E-state index contributed by atoms with van der Waals surface area (Å²) < 4.78 is 0. The van der Waals surface area contributed by atoms with Crippen LogP contribution in [0.25, 0.3) is 0 Å². The summed E-state index contributed by atoms with van der Waals surface area (Å²) in [7, 11) is 0. The Morgan fingerprint density at radius 1 is 1.17 bits per heavy atom. The van der Waals surface area contributed by atoms with E-state index < -0.39 is 0 Å². The molecule has 0 aromatic heterocycles. The monoisotopic (exact) mass is 168 g/mol. The zero-order valence-corrected chi connectivity index (χ0v) is 6.70. The average Bonchev–Trinajstić information content (AvgIpc) is 2.07. The molecule has 0 fully saturated rings. The van der Waals surface area contributed by atoms with Crippen LogP contribution in [0.3, 0.4) is 0 Å². The number of aromatic hydroxyl groups is 2. The number of aliphatic hydroxyl groups excluding tert-OH is 1. The van der Waals surface area contributed by atoms with Gasteiger partial charge in [0.2, 0.25) is 0 Å². The maximum Gasteiger partial charge on any atom is 0.119 e. The van der Waals surface area contributed by atoms with Gasteiger partial charge in [-0.3, -0.25) is 0 Å². The van der Waals surface area contributed by atoms with Crippen molar-refractivity contribution < 1.29 is 15.3 Å². The topological polar surface area (TPSA) is 60.7 Å². The fraction of sp³-hybridized carbons (Fsp3) is 0.333. The van der Waals surface area contributed by atoms with E-state index in [4.69, 9.17) is 10.2 Å². The summed E-state index contributed by atoms with van der Waals surface area (Å²) in [6.45, 7) is 0.0924. The molecule has 0 radical (unpaired) electrons. The first kappa shape index (κ1) is 8.87. The van der Waals surface area contributed by atoms with E-state index in [1.165, 1.54) is 18.2 Å². The molecule has 0 saturated carbocycles. The summed E-state index contributed by atoms with van der Waals surface area (Å²) in [5.41, 5.74) is 0.670. The van der Waals surface area contributed by atoms with Crippen LogP contribution in [-0.4, -0.2) is 21.9 Å². The molecule has 0 saturated heterocycles. The van der Waals surface area contributed by atoms with Crippen molar-refractivity contribution in [3.05, 3.63) is 23.8 Å². The van der Waals surface area contributed by atoms with E-state index in [-0.39, 0.29) is 18.1 Å². The standard InChI is InChI=1S/C9H12O3/c10-5-1-2-7-6-8(11)3-4-9(7)12/h3-4,6,10-12H,1-2,5H2. The van der Waals surface area contributed by atoms with Crippen molar-refractivity contribution in [1.29, 1.82) is 0 Å². The van der Waals surface area contributed by atoms with E-state index in [2.05, 4.69) is 0 Å². The second kappa shape index (κ2) is 3.97. The maximum atomic E-state index is 9.27. The molecule has 0 spiro atoms. The van der Waals surface area contributed by atoms with Crippen LogP contribution in [0, 0.1) is 0 Å². The Balaban J connectivity index is 2.75. The highest BCUT2D eigenvalue weighted by atomic mass is 16.3. The third-order valence-electron chi connectivity index (χ3n) is 1.67. The van der Waals surface area contributed by atoms with Crippen molar-refractivity contribution in [2.75, 3.05) is 6.61 Å². The van der Waals surface area contributed by atoms with Crippen LogP contribution in [0.1, 0.15) is 12.0 Å². The van der Waals surface area contributed by atoms with Crippen molar-refractivity contribution in [3.8, 4) is 11.5 Å². The highest BCUT2D eigenvalue weighted by Gasteiger charge is 2.00. The van der Waals surface area contributed by atoms with Crippen LogP contribution < -0.4 is 0 Å². The van der Waals surface area contributed by atoms with Gasteiger partial charge in [0, 0.05) is 6.61 Å². The lowest BCUT2D eigenvalue weighted by molar-refractivity contribution is 0.288. The Labute approximate surface area is 70.9 Å². The van der Waals surface area contributed by atoms with Crippen LogP contribution in [0.4, 0.5) is 0 Å². The Kier molecular flexibility index (Phi) is 2.94. The van der Waals surface area contributed by atoms with E-state index in [1.54, 1.807) is 0 Å². The zero-order valence-electron chi connectivity index (χ0n) is 6.70. The quantitative estimate of drug-likeness (QED) is 0.590. The molecule has 3 heteroatoms. The van der Waals surface area contributed by atoms with Gasteiger partial charge < -0.3 is 15.3 Å². The molecule has 1 rings (SSSR count). The lowest BCUT2D eigenvalue weighted by Gasteiger charge is -2.03. The van der Waals surface area contributed by atoms with Crippen LogP contribution in [0.2, 0.25) is 0 Å². The minimum absolute atomic E-state index is 0.0924. The van der Waals surface area contributed by atoms with Gasteiger partial charge in [-0.1, -0.05) is 0 Å². The second-order valence-electron chi connectivity index (χ2n) is 2.64. The molecule has 66 valence electrons. The molecule has 0 heterocycles. The number of hydrogen-bond donors (Lipinski definition) is 3. The second-order valence-corrected chi connectivity index (χ2v) is 2.64. The number of hydrogen-bond acceptors (Lipinski definition) is 3. The van der Waals surface area contributed by atoms with Gasteiger partial charge in [0.1, 0.15) is 11.5 Å². The fourth-order valence-electron chi connectivity index (χ4n) is 1.04. The average molecular weight is 168 g/mol. The van der Waals surface area contributed by atoms with Gasteiger partial charge >= 0.3 is 0 Å². The van der Waals surface area contributed by atoms with Crippen LogP contribution in [0.5, 0.6) is 11.5 Å². The van der Waals surface area contributed by atoms with Gasteiger partial charge in [0.15, 0.2) is 0 Å². The largest absolute Gasteiger partial charge is 0.508 e. The molecule has 0 aliphatic rings. The number of aryl methyl sites for hydroxylation is 1. The molecule has 1 aromatic carbocycles. The maximum absolute atomic E-state index is 9.27. The summed E-state index contributed by atoms with van der Waals surface area (Å²) in [5, 5.41) is 26.9. The normalized spacial score (nSPS) is 10.1. The van der Waals surface area contributed by atoms with Crippen molar-refractivity contribution in [3.63, 3.8) is 0 Å². The molecular weight excluding hydrogens is 156 g/mol. The molecular formula is C9H12O3. The highest BCUT2D eigenvalue weighted by molar-refractivity contribution is 5.38. The Bertz CT molecular complexity index is 258. The third kappa shape index (κ3) is 2.13. The molecule has 0 amide bonds. The molecule has 1 aromatic rings. The van der Waals surface area contributed by atoms with Gasteiger partial charge in [-0.2, -0.15) is 0 Å². The van der Waals surface area contributed by atoms with E-state index in [9.17, 15) is 5.11 Å². The minimum atomic E-state index is 0.0924. The fourth-order valence-corrected chi connectivity index (χ4v) is 1.04. The highest BCUT2D eigenvalue weighted by Crippen LogP contribution is 2.22. The summed E-state index contributed by atoms with van der Waals surface area (Å²) in [6.07, 6.45) is 1.17. The Hall–Kier alpha value is -1.22. The lowest BCUT2D eigenvalue weighted by atomic mass is 10.1. The van der Waals surface area contributed by atoms with Crippen molar-refractivity contribution in [1.82, 2.24) is 0 Å². The van der Waals surface area contributed by atoms with E-state index >= 15 is 0 Å². The van der Waals surface area contributed by atoms with Crippen molar-refractivity contribution in [2.45, 2.75) is 12.8 Å². The van der Waals surface area contributed by atoms with Gasteiger partial charge in [-0.05, 0) is 36.6 Å². The van der Waals surface area contributed by atoms with Gasteiger partial charge in [-0.15, -0.1) is 0 Å². The molecule has 3 N–H and O–H groups in total. The van der Waals surface area contributed by atoms with Gasteiger partial charge in [0.25, 0.3) is 0 Å². The number of phenolic OH excluding ortho intramolecular Hbond substituents is 2. The van der Waals surface area contributed by atoms with Crippen molar-refractivity contribution >= 4 is 0 Å². The first-order valence-corrected chi connectivity index (χ1v) is 3.86. The lowest BCUT2D eigenvalue weighted by Crippen LogP contribution is -1.89. The summed E-state index contributed by atoms with van der Waals surface area (Å²) in [6, 6.07) is 4.38. The van der Waals surface area contributed by atoms with E-state index in [1.807, 2.05) is 0 Å². The first-order chi connectivity index (χ1) is 5.74. The number of aliphatic hydroxyl groups is 1. The first-order valence-electron chi connectivity index (χ1n) is 3.86. The SMILES string of the molecule is OCCCc1cc(O)ccc1O. The molecule has 0 unspecified atom stereocenters. The summed E-state index contributed by atoms with van der Waals surface area (Å²) in [5.74, 6) is 0.307. The Morgan fingerprint density at radius 2 is 1.92 bits per heavy atom. The predicted molar refractivity (Wildman–Crippen MR) is 45.2 cm³/mol. The molecule has 0 bridgehead atoms. The summed E-state index contributed by atoms with van der Waals surface area (Å²) >= 11 is 0. The predicted octanol–water partition coefficient (Wildman–Crippen LogP) is 1.02. The van der Waals surface area contributed by atoms with Crippen LogP contribution >= 0.6 is 0 Å². The Morgan fingerprint density at radius 3 is 2.58 bits per heavy atom. The van der Waals surface area contributed by atoms with Crippen molar-refractivity contribution in [2.24, 2.45) is 0 Å².